The minimum Gasteiger partial charge on any atom is -0.376 e. The van der Waals surface area contributed by atoms with Gasteiger partial charge in [-0.15, -0.1) is 0 Å². The molecule has 0 amide bonds. The van der Waals surface area contributed by atoms with Gasteiger partial charge in [0.2, 0.25) is 0 Å². The zero-order chi connectivity index (χ0) is 12.3. The van der Waals surface area contributed by atoms with Crippen molar-refractivity contribution in [3.8, 4) is 0 Å². The molecule has 1 nitrogen and oxygen atoms in total. The number of halogens is 1. The van der Waals surface area contributed by atoms with Crippen LogP contribution in [0.4, 0.5) is 4.39 Å². The highest BCUT2D eigenvalue weighted by Crippen LogP contribution is 2.23. The topological polar surface area (TPSA) is 3.24 Å². The minimum absolute atomic E-state index is 0.147. The maximum Gasteiger partial charge on any atom is 0.123 e. The second-order valence-corrected chi connectivity index (χ2v) is 5.00. The number of likely N-dealkylation sites (tertiary alicyclic amines) is 1. The molecule has 1 aromatic carbocycles. The molecule has 0 aliphatic carbocycles. The lowest BCUT2D eigenvalue weighted by molar-refractivity contribution is 0.227. The van der Waals surface area contributed by atoms with Crippen molar-refractivity contribution < 1.29 is 4.39 Å². The van der Waals surface area contributed by atoms with Crippen LogP contribution in [0.15, 0.2) is 36.5 Å². The zero-order valence-electron chi connectivity index (χ0n) is 10.5. The van der Waals surface area contributed by atoms with Crippen molar-refractivity contribution in [2.45, 2.75) is 26.2 Å². The molecule has 1 aliphatic rings. The van der Waals surface area contributed by atoms with Gasteiger partial charge < -0.3 is 4.90 Å². The number of benzene rings is 1. The SMILES string of the molecule is C=C(C)N1CCC(Cc2ccc(F)cc2)CC1. The molecule has 17 heavy (non-hydrogen) atoms. The third kappa shape index (κ3) is 3.32. The largest absolute Gasteiger partial charge is 0.376 e. The van der Waals surface area contributed by atoms with E-state index in [1.807, 2.05) is 12.1 Å². The summed E-state index contributed by atoms with van der Waals surface area (Å²) < 4.78 is 12.8. The summed E-state index contributed by atoms with van der Waals surface area (Å²) in [6.45, 7) is 8.28. The van der Waals surface area contributed by atoms with Gasteiger partial charge in [0.1, 0.15) is 5.82 Å². The summed E-state index contributed by atoms with van der Waals surface area (Å²) in [5.41, 5.74) is 2.42. The lowest BCUT2D eigenvalue weighted by atomic mass is 9.90. The minimum atomic E-state index is -0.147. The fraction of sp³-hybridized carbons (Fsp3) is 0.467. The average molecular weight is 233 g/mol. The molecule has 2 rings (SSSR count). The fourth-order valence-electron chi connectivity index (χ4n) is 2.47. The Morgan fingerprint density at radius 1 is 1.29 bits per heavy atom. The molecule has 0 unspecified atom stereocenters. The highest BCUT2D eigenvalue weighted by Gasteiger charge is 2.18. The average Bonchev–Trinajstić information content (AvgIpc) is 2.33. The first kappa shape index (κ1) is 12.2. The number of piperidine rings is 1. The third-order valence-corrected chi connectivity index (χ3v) is 3.59. The van der Waals surface area contributed by atoms with E-state index in [4.69, 9.17) is 0 Å². The van der Waals surface area contributed by atoms with E-state index in [2.05, 4.69) is 18.4 Å². The highest BCUT2D eigenvalue weighted by molar-refractivity contribution is 5.16. The van der Waals surface area contributed by atoms with Crippen LogP contribution < -0.4 is 0 Å². The van der Waals surface area contributed by atoms with E-state index in [9.17, 15) is 4.39 Å². The Bertz CT molecular complexity index is 374. The van der Waals surface area contributed by atoms with Crippen LogP contribution in [0.1, 0.15) is 25.3 Å². The van der Waals surface area contributed by atoms with Gasteiger partial charge >= 0.3 is 0 Å². The maximum absolute atomic E-state index is 12.8. The second kappa shape index (κ2) is 5.35. The number of nitrogens with zero attached hydrogens (tertiary/aromatic N) is 1. The molecule has 0 N–H and O–H groups in total. The molecule has 0 radical (unpaired) electrons. The fourth-order valence-corrected chi connectivity index (χ4v) is 2.47. The van der Waals surface area contributed by atoms with Gasteiger partial charge in [0.25, 0.3) is 0 Å². The van der Waals surface area contributed by atoms with Gasteiger partial charge in [0.15, 0.2) is 0 Å². The third-order valence-electron chi connectivity index (χ3n) is 3.59. The highest BCUT2D eigenvalue weighted by atomic mass is 19.1. The van der Waals surface area contributed by atoms with Gasteiger partial charge in [-0.1, -0.05) is 18.7 Å². The quantitative estimate of drug-likeness (QED) is 0.771. The summed E-state index contributed by atoms with van der Waals surface area (Å²) in [4.78, 5) is 2.35. The maximum atomic E-state index is 12.8. The first-order valence-electron chi connectivity index (χ1n) is 6.30. The molecule has 0 spiro atoms. The van der Waals surface area contributed by atoms with Gasteiger partial charge in [-0.3, -0.25) is 0 Å². The van der Waals surface area contributed by atoms with E-state index in [0.29, 0.717) is 0 Å². The van der Waals surface area contributed by atoms with Crippen molar-refractivity contribution in [3.63, 3.8) is 0 Å². The van der Waals surface area contributed by atoms with E-state index in [1.54, 1.807) is 12.1 Å². The zero-order valence-corrected chi connectivity index (χ0v) is 10.5. The van der Waals surface area contributed by atoms with Gasteiger partial charge in [-0.25, -0.2) is 4.39 Å². The number of hydrogen-bond donors (Lipinski definition) is 0. The van der Waals surface area contributed by atoms with Crippen LogP contribution in [0.25, 0.3) is 0 Å². The lowest BCUT2D eigenvalue weighted by Crippen LogP contribution is -2.32. The molecule has 0 aromatic heterocycles. The normalized spacial score (nSPS) is 17.2. The van der Waals surface area contributed by atoms with Crippen LogP contribution in [0.3, 0.4) is 0 Å². The van der Waals surface area contributed by atoms with Crippen LogP contribution in [-0.4, -0.2) is 18.0 Å². The van der Waals surface area contributed by atoms with Crippen molar-refractivity contribution in [3.05, 3.63) is 47.9 Å². The summed E-state index contributed by atoms with van der Waals surface area (Å²) in [5.74, 6) is 0.585. The molecule has 2 heteroatoms. The molecule has 92 valence electrons. The lowest BCUT2D eigenvalue weighted by Gasteiger charge is -2.33. The van der Waals surface area contributed by atoms with Crippen LogP contribution in [0.2, 0.25) is 0 Å². The van der Waals surface area contributed by atoms with Crippen LogP contribution in [-0.2, 0) is 6.42 Å². The van der Waals surface area contributed by atoms with E-state index in [0.717, 1.165) is 25.4 Å². The Morgan fingerprint density at radius 3 is 2.41 bits per heavy atom. The van der Waals surface area contributed by atoms with E-state index >= 15 is 0 Å². The molecule has 0 atom stereocenters. The predicted octanol–water partition coefficient (Wildman–Crippen LogP) is 3.61. The summed E-state index contributed by atoms with van der Waals surface area (Å²) in [7, 11) is 0. The Labute approximate surface area is 103 Å². The van der Waals surface area contributed by atoms with Gasteiger partial charge in [0, 0.05) is 18.8 Å². The second-order valence-electron chi connectivity index (χ2n) is 5.00. The molecule has 1 fully saturated rings. The first-order chi connectivity index (χ1) is 8.15. The summed E-state index contributed by atoms with van der Waals surface area (Å²) in [6.07, 6.45) is 3.50. The summed E-state index contributed by atoms with van der Waals surface area (Å²) in [6, 6.07) is 6.91. The van der Waals surface area contributed by atoms with Crippen molar-refractivity contribution in [2.75, 3.05) is 13.1 Å². The van der Waals surface area contributed by atoms with Crippen molar-refractivity contribution in [1.82, 2.24) is 4.90 Å². The van der Waals surface area contributed by atoms with Gasteiger partial charge in [-0.05, 0) is 49.8 Å². The summed E-state index contributed by atoms with van der Waals surface area (Å²) in [5, 5.41) is 0. The van der Waals surface area contributed by atoms with Gasteiger partial charge in [-0.2, -0.15) is 0 Å². The molecule has 0 saturated carbocycles. The Hall–Kier alpha value is -1.31. The summed E-state index contributed by atoms with van der Waals surface area (Å²) >= 11 is 0. The van der Waals surface area contributed by atoms with Gasteiger partial charge in [0.05, 0.1) is 0 Å². The Balaban J connectivity index is 1.85. The molecule has 1 saturated heterocycles. The van der Waals surface area contributed by atoms with Crippen molar-refractivity contribution in [2.24, 2.45) is 5.92 Å². The Kier molecular flexibility index (Phi) is 3.82. The van der Waals surface area contributed by atoms with Crippen LogP contribution in [0.5, 0.6) is 0 Å². The molecular formula is C15H20FN. The number of hydrogen-bond acceptors (Lipinski definition) is 1. The number of allylic oxidation sites excluding steroid dienone is 1. The standard InChI is InChI=1S/C15H20FN/c1-12(2)17-9-7-14(8-10-17)11-13-3-5-15(16)6-4-13/h3-6,14H,1,7-11H2,2H3. The molecule has 1 aliphatic heterocycles. The van der Waals surface area contributed by atoms with Crippen molar-refractivity contribution in [1.29, 1.82) is 0 Å². The molecule has 0 bridgehead atoms. The molecule has 1 aromatic rings. The van der Waals surface area contributed by atoms with E-state index in [-0.39, 0.29) is 5.82 Å². The monoisotopic (exact) mass is 233 g/mol. The first-order valence-corrected chi connectivity index (χ1v) is 6.30. The van der Waals surface area contributed by atoms with E-state index < -0.39 is 0 Å². The van der Waals surface area contributed by atoms with E-state index in [1.165, 1.54) is 24.1 Å². The van der Waals surface area contributed by atoms with Crippen molar-refractivity contribution >= 4 is 0 Å². The Morgan fingerprint density at radius 2 is 1.88 bits per heavy atom. The smallest absolute Gasteiger partial charge is 0.123 e. The van der Waals surface area contributed by atoms with Crippen LogP contribution in [0, 0.1) is 11.7 Å². The number of rotatable bonds is 3. The molecule has 1 heterocycles. The molecular weight excluding hydrogens is 213 g/mol. The van der Waals surface area contributed by atoms with Crippen LogP contribution >= 0.6 is 0 Å². The predicted molar refractivity (Wildman–Crippen MR) is 69.2 cm³/mol.